The Morgan fingerprint density at radius 2 is 1.78 bits per heavy atom. The number of fused-ring (bicyclic) bond motifs is 1. The summed E-state index contributed by atoms with van der Waals surface area (Å²) in [5.74, 6) is 0.614. The molecule has 2 amide bonds. The van der Waals surface area contributed by atoms with Crippen LogP contribution in [0.1, 0.15) is 31.2 Å². The molecule has 1 aromatic heterocycles. The van der Waals surface area contributed by atoms with Gasteiger partial charge < -0.3 is 21.1 Å². The van der Waals surface area contributed by atoms with E-state index in [-0.39, 0.29) is 5.91 Å². The van der Waals surface area contributed by atoms with Gasteiger partial charge >= 0.3 is 6.09 Å². The van der Waals surface area contributed by atoms with Crippen LogP contribution >= 0.6 is 0 Å². The highest BCUT2D eigenvalue weighted by atomic mass is 16.4. The van der Waals surface area contributed by atoms with Crippen molar-refractivity contribution in [1.82, 2.24) is 10.3 Å². The molecule has 4 N–H and O–H groups in total. The van der Waals surface area contributed by atoms with Gasteiger partial charge in [0.2, 0.25) is 5.91 Å². The van der Waals surface area contributed by atoms with Gasteiger partial charge in [0.15, 0.2) is 5.82 Å². The van der Waals surface area contributed by atoms with E-state index >= 15 is 0 Å². The largest absolute Gasteiger partial charge is 0.465 e. The lowest BCUT2D eigenvalue weighted by atomic mass is 9.71. The third kappa shape index (κ3) is 3.66. The summed E-state index contributed by atoms with van der Waals surface area (Å²) in [4.78, 5) is 28.3. The molecule has 32 heavy (non-hydrogen) atoms. The summed E-state index contributed by atoms with van der Waals surface area (Å²) in [5.41, 5.74) is 4.80. The van der Waals surface area contributed by atoms with E-state index in [1.807, 2.05) is 60.7 Å². The first kappa shape index (κ1) is 20.1. The number of anilines is 2. The molecule has 2 aromatic carbocycles. The Balaban J connectivity index is 1.59. The highest BCUT2D eigenvalue weighted by Gasteiger charge is 2.40. The number of carbonyl (C=O) groups is 2. The summed E-state index contributed by atoms with van der Waals surface area (Å²) in [7, 11) is 0. The van der Waals surface area contributed by atoms with E-state index in [0.717, 1.165) is 47.2 Å². The molecule has 0 bridgehead atoms. The highest BCUT2D eigenvalue weighted by Crippen LogP contribution is 2.42. The Morgan fingerprint density at radius 1 is 1.03 bits per heavy atom. The van der Waals surface area contributed by atoms with E-state index in [1.165, 1.54) is 0 Å². The van der Waals surface area contributed by atoms with Crippen LogP contribution in [0, 0.1) is 0 Å². The number of nitrogens with one attached hydrogen (secondary N) is 3. The quantitative estimate of drug-likeness (QED) is 0.477. The topological polar surface area (TPSA) is 103 Å². The number of hydrogen-bond donors (Lipinski definition) is 4. The number of carboxylic acid groups (broad SMARTS) is 1. The molecule has 162 valence electrons. The van der Waals surface area contributed by atoms with Crippen LogP contribution in [0.5, 0.6) is 0 Å². The van der Waals surface area contributed by atoms with Gasteiger partial charge in [0.25, 0.3) is 0 Å². The molecule has 0 saturated heterocycles. The number of aromatic nitrogens is 1. The minimum Gasteiger partial charge on any atom is -0.465 e. The third-order valence-corrected chi connectivity index (χ3v) is 6.29. The average Bonchev–Trinajstić information content (AvgIpc) is 2.96. The summed E-state index contributed by atoms with van der Waals surface area (Å²) in [6, 6.07) is 19.9. The molecule has 2 aliphatic rings. The summed E-state index contributed by atoms with van der Waals surface area (Å²) in [6.45, 7) is 0.526. The zero-order valence-electron chi connectivity index (χ0n) is 17.5. The number of benzene rings is 2. The van der Waals surface area contributed by atoms with Crippen LogP contribution in [-0.4, -0.2) is 28.6 Å². The van der Waals surface area contributed by atoms with Crippen LogP contribution in [0.4, 0.5) is 16.3 Å². The molecule has 3 aromatic rings. The molecule has 7 nitrogen and oxygen atoms in total. The lowest BCUT2D eigenvalue weighted by molar-refractivity contribution is -0.115. The first-order valence-corrected chi connectivity index (χ1v) is 10.8. The van der Waals surface area contributed by atoms with Gasteiger partial charge in [0.05, 0.1) is 16.9 Å². The first-order valence-electron chi connectivity index (χ1n) is 10.8. The minimum absolute atomic E-state index is 0.0362. The summed E-state index contributed by atoms with van der Waals surface area (Å²) in [5, 5.41) is 18.2. The average molecular weight is 428 g/mol. The Labute approximate surface area is 185 Å². The van der Waals surface area contributed by atoms with E-state index in [0.29, 0.717) is 24.5 Å². The van der Waals surface area contributed by atoms with Gasteiger partial charge in [-0.2, -0.15) is 0 Å². The molecule has 0 atom stereocenters. The van der Waals surface area contributed by atoms with Crippen molar-refractivity contribution in [3.63, 3.8) is 0 Å². The molecular weight excluding hydrogens is 404 g/mol. The van der Waals surface area contributed by atoms with Gasteiger partial charge in [-0.15, -0.1) is 0 Å². The van der Waals surface area contributed by atoms with Crippen LogP contribution in [0.2, 0.25) is 0 Å². The maximum absolute atomic E-state index is 12.1. The predicted octanol–water partition coefficient (Wildman–Crippen LogP) is 4.82. The van der Waals surface area contributed by atoms with E-state index < -0.39 is 11.6 Å². The molecule has 1 aliphatic heterocycles. The zero-order valence-corrected chi connectivity index (χ0v) is 17.5. The number of amides is 2. The Hall–Kier alpha value is -3.87. The second kappa shape index (κ2) is 8.00. The van der Waals surface area contributed by atoms with Gasteiger partial charge in [0.1, 0.15) is 0 Å². The van der Waals surface area contributed by atoms with Gasteiger partial charge in [0, 0.05) is 24.1 Å². The third-order valence-electron chi connectivity index (χ3n) is 6.29. The monoisotopic (exact) mass is 428 g/mol. The fourth-order valence-corrected chi connectivity index (χ4v) is 4.48. The van der Waals surface area contributed by atoms with E-state index in [9.17, 15) is 14.7 Å². The summed E-state index contributed by atoms with van der Waals surface area (Å²) >= 11 is 0. The molecule has 0 radical (unpaired) electrons. The van der Waals surface area contributed by atoms with Crippen molar-refractivity contribution >= 4 is 23.5 Å². The van der Waals surface area contributed by atoms with Gasteiger partial charge in [-0.25, -0.2) is 9.78 Å². The number of carbonyl (C=O) groups excluding carboxylic acids is 1. The van der Waals surface area contributed by atoms with Crippen molar-refractivity contribution in [3.05, 3.63) is 66.2 Å². The predicted molar refractivity (Wildman–Crippen MR) is 124 cm³/mol. The molecule has 0 unspecified atom stereocenters. The smallest absolute Gasteiger partial charge is 0.405 e. The molecule has 7 heteroatoms. The lowest BCUT2D eigenvalue weighted by Gasteiger charge is -2.42. The van der Waals surface area contributed by atoms with Crippen molar-refractivity contribution in [1.29, 1.82) is 0 Å². The van der Waals surface area contributed by atoms with Crippen molar-refractivity contribution in [2.75, 3.05) is 17.2 Å². The molecule has 0 spiro atoms. The van der Waals surface area contributed by atoms with E-state index in [4.69, 9.17) is 4.98 Å². The van der Waals surface area contributed by atoms with Crippen LogP contribution < -0.4 is 16.0 Å². The summed E-state index contributed by atoms with van der Waals surface area (Å²) in [6.07, 6.45) is 1.99. The Kier molecular flexibility index (Phi) is 5.01. The van der Waals surface area contributed by atoms with E-state index in [2.05, 4.69) is 16.0 Å². The molecule has 5 rings (SSSR count). The number of pyridine rings is 1. The molecule has 1 aliphatic carbocycles. The first-order chi connectivity index (χ1) is 15.5. The Morgan fingerprint density at radius 3 is 2.44 bits per heavy atom. The van der Waals surface area contributed by atoms with Crippen LogP contribution in [-0.2, 0) is 10.3 Å². The fourth-order valence-electron chi connectivity index (χ4n) is 4.48. The van der Waals surface area contributed by atoms with Crippen molar-refractivity contribution < 1.29 is 14.7 Å². The molecule has 2 heterocycles. The molecule has 1 fully saturated rings. The lowest BCUT2D eigenvalue weighted by Crippen LogP contribution is -2.50. The van der Waals surface area contributed by atoms with Crippen LogP contribution in [0.25, 0.3) is 22.4 Å². The van der Waals surface area contributed by atoms with Crippen LogP contribution in [0.15, 0.2) is 60.7 Å². The number of nitrogens with zero attached hydrogens (tertiary/aromatic N) is 1. The number of rotatable bonds is 4. The zero-order chi connectivity index (χ0) is 22.1. The SMILES string of the molecule is O=C(O)NC1(c2ccc(-c3nc4c(cc3-c3ccccc3)NC(=O)CCN4)cc2)CCC1. The summed E-state index contributed by atoms with van der Waals surface area (Å²) < 4.78 is 0. The van der Waals surface area contributed by atoms with Crippen molar-refractivity contribution in [3.8, 4) is 22.4 Å². The fraction of sp³-hybridized carbons (Fsp3) is 0.240. The maximum Gasteiger partial charge on any atom is 0.405 e. The molecule has 1 saturated carbocycles. The number of hydrogen-bond acceptors (Lipinski definition) is 4. The van der Waals surface area contributed by atoms with Gasteiger partial charge in [-0.05, 0) is 36.5 Å². The highest BCUT2D eigenvalue weighted by molar-refractivity contribution is 5.98. The van der Waals surface area contributed by atoms with Gasteiger partial charge in [-0.1, -0.05) is 54.6 Å². The van der Waals surface area contributed by atoms with Crippen molar-refractivity contribution in [2.45, 2.75) is 31.2 Å². The van der Waals surface area contributed by atoms with Crippen LogP contribution in [0.3, 0.4) is 0 Å². The van der Waals surface area contributed by atoms with Crippen molar-refractivity contribution in [2.24, 2.45) is 0 Å². The van der Waals surface area contributed by atoms with Gasteiger partial charge in [-0.3, -0.25) is 4.79 Å². The second-order valence-electron chi connectivity index (χ2n) is 8.31. The Bertz CT molecular complexity index is 1170. The second-order valence-corrected chi connectivity index (χ2v) is 8.31. The minimum atomic E-state index is -0.999. The molecular formula is C25H24N4O3. The standard InChI is InChI=1S/C25H24N4O3/c30-21-11-14-26-23-20(27-21)15-19(16-5-2-1-3-6-16)22(28-23)17-7-9-18(10-8-17)25(12-4-13-25)29-24(31)32/h1-3,5-10,15,29H,4,11-14H2,(H,26,28)(H,27,30)(H,31,32). The maximum atomic E-state index is 12.1. The normalized spacial score (nSPS) is 16.6. The van der Waals surface area contributed by atoms with E-state index in [1.54, 1.807) is 0 Å².